The highest BCUT2D eigenvalue weighted by Gasteiger charge is 2.17. The average Bonchev–Trinajstić information content (AvgIpc) is 3.44. The Morgan fingerprint density at radius 1 is 0.944 bits per heavy atom. The molecular formula is C32H48N4. The summed E-state index contributed by atoms with van der Waals surface area (Å²) >= 11 is 0. The van der Waals surface area contributed by atoms with E-state index in [1.54, 1.807) is 0 Å². The van der Waals surface area contributed by atoms with Crippen molar-refractivity contribution in [1.82, 2.24) is 15.6 Å². The van der Waals surface area contributed by atoms with Gasteiger partial charge >= 0.3 is 0 Å². The van der Waals surface area contributed by atoms with Crippen LogP contribution in [0.15, 0.2) is 61.7 Å². The molecular weight excluding hydrogens is 440 g/mol. The summed E-state index contributed by atoms with van der Waals surface area (Å²) in [6.07, 6.45) is 5.91. The van der Waals surface area contributed by atoms with Crippen molar-refractivity contribution in [3.05, 3.63) is 72.8 Å². The minimum Gasteiger partial charge on any atom is -0.371 e. The van der Waals surface area contributed by atoms with Gasteiger partial charge in [0.25, 0.3) is 0 Å². The molecule has 0 bridgehead atoms. The Hall–Kier alpha value is -2.69. The predicted octanol–water partition coefficient (Wildman–Crippen LogP) is 6.88. The first-order valence-electron chi connectivity index (χ1n) is 13.6. The van der Waals surface area contributed by atoms with Crippen LogP contribution in [0.2, 0.25) is 0 Å². The van der Waals surface area contributed by atoms with Gasteiger partial charge in [-0.05, 0) is 88.5 Å². The number of hydrogen-bond acceptors (Lipinski definition) is 4. The summed E-state index contributed by atoms with van der Waals surface area (Å²) in [6.45, 7) is 17.2. The molecule has 4 rings (SSSR count). The molecule has 0 radical (unpaired) electrons. The molecule has 1 saturated heterocycles. The summed E-state index contributed by atoms with van der Waals surface area (Å²) in [5.74, 6) is 0.715. The molecule has 2 heterocycles. The third-order valence-corrected chi connectivity index (χ3v) is 6.33. The van der Waals surface area contributed by atoms with Gasteiger partial charge in [0, 0.05) is 29.7 Å². The van der Waals surface area contributed by atoms with E-state index in [4.69, 9.17) is 4.98 Å². The topological polar surface area (TPSA) is 40.2 Å². The number of rotatable bonds is 9. The standard InChI is InChI=1S/C28H37N3.C2H7N.C2H4/c1-4-22-11-14-25-27(18-22)30-26(19-28(25)31-16-5-6-17-31)24-12-9-23(10-13-24)8-7-15-29-20-21(2)3;1-3-2;1-2/h9-14,18-19,21,29H,4-8,15-17,20H2,1-3H3;3H,1-2H3;1-2H2. The van der Waals surface area contributed by atoms with E-state index < -0.39 is 0 Å². The Labute approximate surface area is 220 Å². The number of nitrogens with zero attached hydrogens (tertiary/aromatic N) is 2. The highest BCUT2D eigenvalue weighted by atomic mass is 15.1. The second kappa shape index (κ2) is 16.1. The molecule has 2 aromatic carbocycles. The second-order valence-corrected chi connectivity index (χ2v) is 9.82. The molecule has 0 saturated carbocycles. The quantitative estimate of drug-likeness (QED) is 0.254. The van der Waals surface area contributed by atoms with E-state index >= 15 is 0 Å². The van der Waals surface area contributed by atoms with Crippen LogP contribution < -0.4 is 15.5 Å². The molecule has 4 nitrogen and oxygen atoms in total. The van der Waals surface area contributed by atoms with E-state index in [9.17, 15) is 0 Å². The van der Waals surface area contributed by atoms with Gasteiger partial charge in [0.05, 0.1) is 11.2 Å². The lowest BCUT2D eigenvalue weighted by molar-refractivity contribution is 0.543. The number of nitrogens with one attached hydrogen (secondary N) is 2. The van der Waals surface area contributed by atoms with Gasteiger partial charge < -0.3 is 15.5 Å². The fraction of sp³-hybridized carbons (Fsp3) is 0.469. The maximum atomic E-state index is 5.08. The maximum Gasteiger partial charge on any atom is 0.0733 e. The molecule has 1 aliphatic heterocycles. The highest BCUT2D eigenvalue weighted by molar-refractivity contribution is 5.94. The number of aromatic nitrogens is 1. The minimum absolute atomic E-state index is 0.715. The zero-order valence-electron chi connectivity index (χ0n) is 23.4. The highest BCUT2D eigenvalue weighted by Crippen LogP contribution is 2.33. The summed E-state index contributed by atoms with van der Waals surface area (Å²) in [4.78, 5) is 7.62. The summed E-state index contributed by atoms with van der Waals surface area (Å²) < 4.78 is 0. The van der Waals surface area contributed by atoms with Crippen molar-refractivity contribution in [1.29, 1.82) is 0 Å². The molecule has 3 aromatic rings. The molecule has 2 N–H and O–H groups in total. The molecule has 0 aliphatic carbocycles. The molecule has 196 valence electrons. The van der Waals surface area contributed by atoms with Crippen molar-refractivity contribution in [2.24, 2.45) is 5.92 Å². The van der Waals surface area contributed by atoms with Crippen LogP contribution in [0.3, 0.4) is 0 Å². The van der Waals surface area contributed by atoms with Crippen LogP contribution in [-0.2, 0) is 12.8 Å². The SMILES string of the molecule is C=C.CCc1ccc2c(N3CCCC3)cc(-c3ccc(CCCNCC(C)C)cc3)nc2c1.CNC. The number of hydrogen-bond donors (Lipinski definition) is 2. The molecule has 4 heteroatoms. The van der Waals surface area contributed by atoms with E-state index in [1.807, 2.05) is 14.1 Å². The zero-order chi connectivity index (χ0) is 26.3. The number of anilines is 1. The monoisotopic (exact) mass is 488 g/mol. The van der Waals surface area contributed by atoms with Gasteiger partial charge in [-0.15, -0.1) is 13.2 Å². The fourth-order valence-electron chi connectivity index (χ4n) is 4.49. The number of benzene rings is 2. The summed E-state index contributed by atoms with van der Waals surface area (Å²) in [6, 6.07) is 18.2. The first-order valence-corrected chi connectivity index (χ1v) is 13.6. The van der Waals surface area contributed by atoms with E-state index in [0.29, 0.717) is 5.92 Å². The van der Waals surface area contributed by atoms with Crippen molar-refractivity contribution >= 4 is 16.6 Å². The maximum absolute atomic E-state index is 5.08. The first kappa shape index (κ1) is 29.5. The normalized spacial score (nSPS) is 12.8. The van der Waals surface area contributed by atoms with E-state index in [1.165, 1.54) is 47.0 Å². The molecule has 36 heavy (non-hydrogen) atoms. The Morgan fingerprint density at radius 2 is 1.58 bits per heavy atom. The molecule has 0 atom stereocenters. The van der Waals surface area contributed by atoms with Gasteiger partial charge in [0.1, 0.15) is 0 Å². The zero-order valence-corrected chi connectivity index (χ0v) is 23.4. The van der Waals surface area contributed by atoms with Crippen LogP contribution in [0, 0.1) is 5.92 Å². The van der Waals surface area contributed by atoms with Crippen LogP contribution in [0.25, 0.3) is 22.2 Å². The number of fused-ring (bicyclic) bond motifs is 1. The van der Waals surface area contributed by atoms with Crippen LogP contribution in [0.5, 0.6) is 0 Å². The van der Waals surface area contributed by atoms with Crippen LogP contribution >= 0.6 is 0 Å². The second-order valence-electron chi connectivity index (χ2n) is 9.82. The van der Waals surface area contributed by atoms with Crippen LogP contribution in [0.1, 0.15) is 51.2 Å². The number of pyridine rings is 1. The summed E-state index contributed by atoms with van der Waals surface area (Å²) in [5, 5.41) is 7.57. The summed E-state index contributed by atoms with van der Waals surface area (Å²) in [7, 11) is 3.75. The van der Waals surface area contributed by atoms with Crippen molar-refractivity contribution in [3.63, 3.8) is 0 Å². The van der Waals surface area contributed by atoms with Crippen molar-refractivity contribution in [2.45, 2.75) is 52.9 Å². The lowest BCUT2D eigenvalue weighted by Crippen LogP contribution is -2.21. The van der Waals surface area contributed by atoms with E-state index in [-0.39, 0.29) is 0 Å². The third-order valence-electron chi connectivity index (χ3n) is 6.33. The Bertz CT molecular complexity index is 1020. The molecule has 0 unspecified atom stereocenters. The lowest BCUT2D eigenvalue weighted by Gasteiger charge is -2.21. The fourth-order valence-corrected chi connectivity index (χ4v) is 4.49. The lowest BCUT2D eigenvalue weighted by atomic mass is 10.0. The van der Waals surface area contributed by atoms with E-state index in [2.05, 4.69) is 98.0 Å². The third kappa shape index (κ3) is 8.76. The van der Waals surface area contributed by atoms with Gasteiger partial charge in [0.15, 0.2) is 0 Å². The van der Waals surface area contributed by atoms with Gasteiger partial charge in [-0.2, -0.15) is 0 Å². The smallest absolute Gasteiger partial charge is 0.0733 e. The molecule has 1 aliphatic rings. The first-order chi connectivity index (χ1) is 17.5. The van der Waals surface area contributed by atoms with Gasteiger partial charge in [0.2, 0.25) is 0 Å². The Morgan fingerprint density at radius 3 is 2.19 bits per heavy atom. The van der Waals surface area contributed by atoms with E-state index in [0.717, 1.165) is 50.2 Å². The molecule has 1 aromatic heterocycles. The molecule has 0 spiro atoms. The summed E-state index contributed by atoms with van der Waals surface area (Å²) in [5.41, 5.74) is 7.54. The Balaban J connectivity index is 0.000000850. The van der Waals surface area contributed by atoms with Crippen LogP contribution in [-0.4, -0.2) is 45.3 Å². The molecule has 0 amide bonds. The van der Waals surface area contributed by atoms with Crippen molar-refractivity contribution < 1.29 is 0 Å². The van der Waals surface area contributed by atoms with Crippen molar-refractivity contribution in [3.8, 4) is 11.3 Å². The number of aryl methyl sites for hydroxylation is 2. The van der Waals surface area contributed by atoms with Gasteiger partial charge in [-0.1, -0.05) is 57.2 Å². The van der Waals surface area contributed by atoms with Crippen LogP contribution in [0.4, 0.5) is 5.69 Å². The minimum atomic E-state index is 0.715. The Kier molecular flexibility index (Phi) is 13.2. The van der Waals surface area contributed by atoms with Crippen molar-refractivity contribution in [2.75, 3.05) is 45.2 Å². The molecule has 1 fully saturated rings. The van der Waals surface area contributed by atoms with Gasteiger partial charge in [-0.3, -0.25) is 0 Å². The average molecular weight is 489 g/mol. The predicted molar refractivity (Wildman–Crippen MR) is 160 cm³/mol. The van der Waals surface area contributed by atoms with Gasteiger partial charge in [-0.25, -0.2) is 4.98 Å². The largest absolute Gasteiger partial charge is 0.371 e.